The molecule has 4 heterocycles. The van der Waals surface area contributed by atoms with Gasteiger partial charge in [-0.05, 0) is 25.0 Å². The van der Waals surface area contributed by atoms with Crippen molar-refractivity contribution in [3.8, 4) is 0 Å². The van der Waals surface area contributed by atoms with Gasteiger partial charge in [0.2, 0.25) is 0 Å². The van der Waals surface area contributed by atoms with E-state index in [0.29, 0.717) is 43.9 Å². The van der Waals surface area contributed by atoms with Crippen molar-refractivity contribution in [3.63, 3.8) is 0 Å². The molecule has 3 aliphatic heterocycles. The fourth-order valence-corrected chi connectivity index (χ4v) is 3.84. The number of likely N-dealkylation sites (tertiary alicyclic amines) is 1. The number of rotatable bonds is 4. The highest BCUT2D eigenvalue weighted by Gasteiger charge is 2.48. The van der Waals surface area contributed by atoms with Crippen LogP contribution in [-0.4, -0.2) is 64.9 Å². The first-order valence-electron chi connectivity index (χ1n) is 9.12. The van der Waals surface area contributed by atoms with Crippen LogP contribution in [-0.2, 0) is 21.4 Å². The minimum Gasteiger partial charge on any atom is -0.386 e. The van der Waals surface area contributed by atoms with E-state index in [9.17, 15) is 9.59 Å². The fraction of sp³-hybridized carbons (Fsp3) is 0.611. The molecule has 1 N–H and O–H groups in total. The van der Waals surface area contributed by atoms with Crippen LogP contribution in [0.3, 0.4) is 0 Å². The molecule has 2 atom stereocenters. The van der Waals surface area contributed by atoms with E-state index in [1.165, 1.54) is 0 Å². The van der Waals surface area contributed by atoms with E-state index in [4.69, 9.17) is 9.57 Å². The standard InChI is InChI=1S/C18H24N4O4/c1-21-7-2-5-15(21)17(24)22-8-6-18(12-22)10-14(20-26-18)16(23)19-11-13-4-3-9-25-13/h2,5,7,13H,3-4,6,8-12H2,1H3,(H,19,23). The first-order chi connectivity index (χ1) is 12.6. The molecule has 2 amide bonds. The number of amides is 2. The van der Waals surface area contributed by atoms with Gasteiger partial charge in [0.05, 0.1) is 12.6 Å². The lowest BCUT2D eigenvalue weighted by Gasteiger charge is -2.21. The number of hydrogen-bond acceptors (Lipinski definition) is 5. The van der Waals surface area contributed by atoms with E-state index in [2.05, 4.69) is 10.5 Å². The Morgan fingerprint density at radius 3 is 3.08 bits per heavy atom. The highest BCUT2D eigenvalue weighted by atomic mass is 16.7. The summed E-state index contributed by atoms with van der Waals surface area (Å²) in [5.74, 6) is -0.223. The van der Waals surface area contributed by atoms with E-state index >= 15 is 0 Å². The molecule has 2 saturated heterocycles. The number of aryl methyl sites for hydroxylation is 1. The lowest BCUT2D eigenvalue weighted by atomic mass is 9.96. The summed E-state index contributed by atoms with van der Waals surface area (Å²) in [6.07, 6.45) is 5.07. The van der Waals surface area contributed by atoms with Crippen molar-refractivity contribution < 1.29 is 19.2 Å². The zero-order chi connectivity index (χ0) is 18.1. The maximum absolute atomic E-state index is 12.7. The number of carbonyl (C=O) groups excluding carboxylic acids is 2. The predicted molar refractivity (Wildman–Crippen MR) is 93.8 cm³/mol. The first-order valence-corrected chi connectivity index (χ1v) is 9.12. The largest absolute Gasteiger partial charge is 0.386 e. The minimum atomic E-state index is -0.572. The van der Waals surface area contributed by atoms with Crippen LogP contribution in [0, 0.1) is 0 Å². The molecule has 0 aliphatic carbocycles. The zero-order valence-electron chi connectivity index (χ0n) is 14.9. The van der Waals surface area contributed by atoms with Crippen molar-refractivity contribution in [2.24, 2.45) is 12.2 Å². The average Bonchev–Trinajstić information content (AvgIpc) is 3.42. The minimum absolute atomic E-state index is 0.0192. The van der Waals surface area contributed by atoms with Gasteiger partial charge >= 0.3 is 0 Å². The Morgan fingerprint density at radius 2 is 2.35 bits per heavy atom. The van der Waals surface area contributed by atoms with Crippen molar-refractivity contribution in [1.29, 1.82) is 0 Å². The number of oxime groups is 1. The molecule has 8 heteroatoms. The maximum atomic E-state index is 12.7. The summed E-state index contributed by atoms with van der Waals surface area (Å²) < 4.78 is 7.32. The van der Waals surface area contributed by atoms with E-state index in [0.717, 1.165) is 19.4 Å². The lowest BCUT2D eigenvalue weighted by molar-refractivity contribution is -0.115. The predicted octanol–water partition coefficient (Wildman–Crippen LogP) is 0.681. The van der Waals surface area contributed by atoms with Crippen molar-refractivity contribution >= 4 is 17.5 Å². The first kappa shape index (κ1) is 17.1. The molecule has 4 rings (SSSR count). The van der Waals surface area contributed by atoms with Crippen molar-refractivity contribution in [3.05, 3.63) is 24.0 Å². The molecule has 3 aliphatic rings. The highest BCUT2D eigenvalue weighted by molar-refractivity contribution is 6.39. The van der Waals surface area contributed by atoms with Gasteiger partial charge in [0.15, 0.2) is 5.60 Å². The average molecular weight is 360 g/mol. The van der Waals surface area contributed by atoms with Gasteiger partial charge in [-0.25, -0.2) is 0 Å². The molecule has 1 aromatic rings. The summed E-state index contributed by atoms with van der Waals surface area (Å²) in [6, 6.07) is 3.66. The molecule has 1 aromatic heterocycles. The van der Waals surface area contributed by atoms with E-state index < -0.39 is 5.60 Å². The zero-order valence-corrected chi connectivity index (χ0v) is 14.9. The van der Waals surface area contributed by atoms with Gasteiger partial charge in [0.1, 0.15) is 11.4 Å². The topological polar surface area (TPSA) is 85.2 Å². The number of nitrogens with one attached hydrogen (secondary N) is 1. The van der Waals surface area contributed by atoms with Crippen LogP contribution in [0.5, 0.6) is 0 Å². The van der Waals surface area contributed by atoms with Gasteiger partial charge in [0.25, 0.3) is 11.8 Å². The maximum Gasteiger partial charge on any atom is 0.270 e. The Hall–Kier alpha value is -2.35. The number of carbonyl (C=O) groups is 2. The van der Waals surface area contributed by atoms with Crippen LogP contribution < -0.4 is 5.32 Å². The normalized spacial score (nSPS) is 27.7. The SMILES string of the molecule is Cn1cccc1C(=O)N1CCC2(CC(C(=O)NCC3CCCO3)=NO2)C1. The van der Waals surface area contributed by atoms with Crippen LogP contribution >= 0.6 is 0 Å². The molecule has 0 aromatic carbocycles. The lowest BCUT2D eigenvalue weighted by Crippen LogP contribution is -2.40. The highest BCUT2D eigenvalue weighted by Crippen LogP contribution is 2.34. The second kappa shape index (κ2) is 6.75. The number of aromatic nitrogens is 1. The molecule has 26 heavy (non-hydrogen) atoms. The van der Waals surface area contributed by atoms with E-state index in [1.54, 1.807) is 4.90 Å². The third-order valence-corrected chi connectivity index (χ3v) is 5.38. The summed E-state index contributed by atoms with van der Waals surface area (Å²) in [7, 11) is 1.85. The van der Waals surface area contributed by atoms with E-state index in [1.807, 2.05) is 29.9 Å². The summed E-state index contributed by atoms with van der Waals surface area (Å²) in [5.41, 5.74) is 0.476. The quantitative estimate of drug-likeness (QED) is 0.856. The Balaban J connectivity index is 1.32. The van der Waals surface area contributed by atoms with Gasteiger partial charge in [-0.15, -0.1) is 0 Å². The van der Waals surface area contributed by atoms with Gasteiger partial charge in [0, 0.05) is 45.8 Å². The molecule has 0 radical (unpaired) electrons. The monoisotopic (exact) mass is 360 g/mol. The molecule has 140 valence electrons. The summed E-state index contributed by atoms with van der Waals surface area (Å²) in [5, 5.41) is 6.89. The molecule has 0 saturated carbocycles. The smallest absolute Gasteiger partial charge is 0.270 e. The van der Waals surface area contributed by atoms with Crippen molar-refractivity contribution in [2.45, 2.75) is 37.4 Å². The summed E-state index contributed by atoms with van der Waals surface area (Å²) >= 11 is 0. The third kappa shape index (κ3) is 3.21. The third-order valence-electron chi connectivity index (χ3n) is 5.38. The second-order valence-corrected chi connectivity index (χ2v) is 7.32. The van der Waals surface area contributed by atoms with E-state index in [-0.39, 0.29) is 17.9 Å². The molecule has 8 nitrogen and oxygen atoms in total. The van der Waals surface area contributed by atoms with Crippen LogP contribution in [0.25, 0.3) is 0 Å². The van der Waals surface area contributed by atoms with Gasteiger partial charge in [-0.2, -0.15) is 0 Å². The number of ether oxygens (including phenoxy) is 1. The van der Waals surface area contributed by atoms with Crippen LogP contribution in [0.1, 0.15) is 36.2 Å². The second-order valence-electron chi connectivity index (χ2n) is 7.32. The molecule has 1 spiro atoms. The fourth-order valence-electron chi connectivity index (χ4n) is 3.84. The molecular weight excluding hydrogens is 336 g/mol. The number of nitrogens with zero attached hydrogens (tertiary/aromatic N) is 3. The number of hydrogen-bond donors (Lipinski definition) is 1. The summed E-state index contributed by atoms with van der Waals surface area (Å²) in [4.78, 5) is 32.4. The molecule has 0 bridgehead atoms. The Morgan fingerprint density at radius 1 is 1.46 bits per heavy atom. The van der Waals surface area contributed by atoms with Crippen LogP contribution in [0.4, 0.5) is 0 Å². The van der Waals surface area contributed by atoms with Crippen molar-refractivity contribution in [2.75, 3.05) is 26.2 Å². The van der Waals surface area contributed by atoms with Gasteiger partial charge in [-0.3, -0.25) is 9.59 Å². The Bertz CT molecular complexity index is 737. The summed E-state index contributed by atoms with van der Waals surface area (Å²) in [6.45, 7) is 2.31. The van der Waals surface area contributed by atoms with Crippen LogP contribution in [0.2, 0.25) is 0 Å². The molecular formula is C18H24N4O4. The Labute approximate surface area is 152 Å². The molecule has 2 unspecified atom stereocenters. The van der Waals surface area contributed by atoms with Crippen molar-refractivity contribution in [1.82, 2.24) is 14.8 Å². The Kier molecular flexibility index (Phi) is 4.44. The van der Waals surface area contributed by atoms with Gasteiger partial charge in [-0.1, -0.05) is 5.16 Å². The van der Waals surface area contributed by atoms with Gasteiger partial charge < -0.3 is 24.4 Å². The molecule has 2 fully saturated rings. The van der Waals surface area contributed by atoms with Crippen LogP contribution in [0.15, 0.2) is 23.5 Å².